The summed E-state index contributed by atoms with van der Waals surface area (Å²) in [6.45, 7) is 2.11. The molecule has 1 aromatic carbocycles. The normalized spacial score (nSPS) is 13.9. The quantitative estimate of drug-likeness (QED) is 0.746. The molecule has 0 heterocycles. The van der Waals surface area contributed by atoms with Gasteiger partial charge in [-0.15, -0.1) is 0 Å². The Balaban J connectivity index is 0.00000225. The second kappa shape index (κ2) is 5.23. The first-order valence-corrected chi connectivity index (χ1v) is 6.51. The summed E-state index contributed by atoms with van der Waals surface area (Å²) in [5.74, 6) is 0.538. The maximum absolute atomic E-state index is 12.3. The second-order valence-corrected chi connectivity index (χ2v) is 4.73. The molecule has 0 saturated heterocycles. The summed E-state index contributed by atoms with van der Waals surface area (Å²) in [6.07, 6.45) is -3.37. The van der Waals surface area contributed by atoms with Crippen molar-refractivity contribution in [1.82, 2.24) is 0 Å². The summed E-state index contributed by atoms with van der Waals surface area (Å²) in [7, 11) is 0. The predicted octanol–water partition coefficient (Wildman–Crippen LogP) is 3.32. The molecule has 0 aromatic heterocycles. The van der Waals surface area contributed by atoms with E-state index in [2.05, 4.69) is 6.92 Å². The van der Waals surface area contributed by atoms with Crippen LogP contribution in [0.1, 0.15) is 19.5 Å². The smallest absolute Gasteiger partial charge is 1.00 e. The fourth-order valence-electron chi connectivity index (χ4n) is 1.30. The molecule has 0 aliphatic rings. The molecular weight excluding hydrogens is 317 g/mol. The van der Waals surface area contributed by atoms with Gasteiger partial charge in [-0.05, 0) is 0 Å². The van der Waals surface area contributed by atoms with Crippen molar-refractivity contribution in [2.24, 2.45) is 5.92 Å². The van der Waals surface area contributed by atoms with Crippen LogP contribution in [-0.4, -0.2) is 22.3 Å². The minimum absolute atomic E-state index is 0. The molecule has 0 amide bonds. The van der Waals surface area contributed by atoms with Crippen LogP contribution in [0.3, 0.4) is 0 Å². The molecule has 1 aromatic rings. The summed E-state index contributed by atoms with van der Waals surface area (Å²) in [6, 6.07) is 5.45. The van der Waals surface area contributed by atoms with Crippen LogP contribution in [0, 0.1) is 5.92 Å². The fraction of sp³-hybridized carbons (Fsp3) is 0.455. The summed E-state index contributed by atoms with van der Waals surface area (Å²) < 4.78 is 37.8. The van der Waals surface area contributed by atoms with E-state index in [1.807, 2.05) is 0 Å². The van der Waals surface area contributed by atoms with Gasteiger partial charge in [-0.1, -0.05) is 0 Å². The summed E-state index contributed by atoms with van der Waals surface area (Å²) in [4.78, 5) is 0. The van der Waals surface area contributed by atoms with Crippen LogP contribution in [0.15, 0.2) is 24.3 Å². The molecule has 0 aliphatic carbocycles. The molecule has 0 aliphatic heterocycles. The van der Waals surface area contributed by atoms with Crippen LogP contribution in [0.2, 0.25) is 4.47 Å². The molecule has 0 bridgehead atoms. The third kappa shape index (κ3) is 4.04. The monoisotopic (exact) mass is 333 g/mol. The molecule has 0 saturated carbocycles. The SMILES string of the molecule is CC(C[TeH])Cc1ccc(C(F)(F)F)cc1.[H+]. The van der Waals surface area contributed by atoms with Crippen LogP contribution in [0.5, 0.6) is 0 Å². The van der Waals surface area contributed by atoms with Gasteiger partial charge in [0.1, 0.15) is 0 Å². The van der Waals surface area contributed by atoms with E-state index in [1.165, 1.54) is 0 Å². The Morgan fingerprint density at radius 1 is 1.27 bits per heavy atom. The summed E-state index contributed by atoms with van der Waals surface area (Å²) >= 11 is 1.74. The van der Waals surface area contributed by atoms with Crippen molar-refractivity contribution in [3.8, 4) is 0 Å². The van der Waals surface area contributed by atoms with Gasteiger partial charge in [-0.3, -0.25) is 0 Å². The zero-order chi connectivity index (χ0) is 11.5. The molecule has 4 heteroatoms. The second-order valence-electron chi connectivity index (χ2n) is 3.69. The first-order valence-electron chi connectivity index (χ1n) is 4.70. The molecule has 1 atom stereocenters. The van der Waals surface area contributed by atoms with Gasteiger partial charge in [0.25, 0.3) is 0 Å². The number of benzene rings is 1. The summed E-state index contributed by atoms with van der Waals surface area (Å²) in [5, 5.41) is 0. The molecule has 0 nitrogen and oxygen atoms in total. The Labute approximate surface area is 102 Å². The third-order valence-electron chi connectivity index (χ3n) is 2.18. The summed E-state index contributed by atoms with van der Waals surface area (Å²) in [5.41, 5.74) is 0.407. The number of halogens is 3. The van der Waals surface area contributed by atoms with Crippen LogP contribution in [0.4, 0.5) is 13.2 Å². The van der Waals surface area contributed by atoms with Gasteiger partial charge < -0.3 is 0 Å². The molecular formula is C11H14F3Te+. The first-order chi connectivity index (χ1) is 6.93. The fourth-order valence-corrected chi connectivity index (χ4v) is 1.67. The molecule has 84 valence electrons. The Morgan fingerprint density at radius 3 is 2.20 bits per heavy atom. The van der Waals surface area contributed by atoms with Gasteiger partial charge in [0.2, 0.25) is 0 Å². The molecule has 0 spiro atoms. The van der Waals surface area contributed by atoms with Gasteiger partial charge >= 0.3 is 102 Å². The maximum atomic E-state index is 12.3. The molecule has 0 fully saturated rings. The molecule has 1 unspecified atom stereocenters. The van der Waals surface area contributed by atoms with E-state index in [9.17, 15) is 13.2 Å². The van der Waals surface area contributed by atoms with E-state index in [0.29, 0.717) is 5.92 Å². The maximum Gasteiger partial charge on any atom is 1.00 e. The van der Waals surface area contributed by atoms with Crippen LogP contribution < -0.4 is 0 Å². The molecule has 1 rings (SSSR count). The number of rotatable bonds is 3. The number of hydrogen-bond acceptors (Lipinski definition) is 0. The van der Waals surface area contributed by atoms with Crippen molar-refractivity contribution >= 4 is 22.3 Å². The van der Waals surface area contributed by atoms with E-state index >= 15 is 0 Å². The Morgan fingerprint density at radius 2 is 1.80 bits per heavy atom. The van der Waals surface area contributed by atoms with Crippen molar-refractivity contribution in [2.45, 2.75) is 24.0 Å². The van der Waals surface area contributed by atoms with E-state index in [-0.39, 0.29) is 1.43 Å². The van der Waals surface area contributed by atoms with Crippen molar-refractivity contribution in [2.75, 3.05) is 0 Å². The third-order valence-corrected chi connectivity index (χ3v) is 3.96. The Kier molecular flexibility index (Phi) is 4.48. The van der Waals surface area contributed by atoms with Crippen molar-refractivity contribution < 1.29 is 14.6 Å². The molecule has 0 radical (unpaired) electrons. The topological polar surface area (TPSA) is 0 Å². The molecule has 0 N–H and O–H groups in total. The van der Waals surface area contributed by atoms with Gasteiger partial charge in [-0.2, -0.15) is 0 Å². The van der Waals surface area contributed by atoms with Crippen molar-refractivity contribution in [3.05, 3.63) is 35.4 Å². The van der Waals surface area contributed by atoms with Gasteiger partial charge in [0.15, 0.2) is 0 Å². The van der Waals surface area contributed by atoms with E-state index < -0.39 is 11.7 Å². The van der Waals surface area contributed by atoms with Crippen molar-refractivity contribution in [1.29, 1.82) is 0 Å². The number of hydrogen-bond donors (Lipinski definition) is 0. The number of alkyl halides is 3. The van der Waals surface area contributed by atoms with Crippen LogP contribution in [-0.2, 0) is 12.6 Å². The van der Waals surface area contributed by atoms with Crippen LogP contribution >= 0.6 is 0 Å². The average molecular weight is 331 g/mol. The zero-order valence-electron chi connectivity index (χ0n) is 9.38. The van der Waals surface area contributed by atoms with Gasteiger partial charge in [-0.25, -0.2) is 0 Å². The van der Waals surface area contributed by atoms with E-state index in [4.69, 9.17) is 0 Å². The van der Waals surface area contributed by atoms with Gasteiger partial charge in [0.05, 0.1) is 0 Å². The Bertz CT molecular complexity index is 308. The molecule has 15 heavy (non-hydrogen) atoms. The van der Waals surface area contributed by atoms with Crippen molar-refractivity contribution in [3.63, 3.8) is 0 Å². The predicted molar refractivity (Wildman–Crippen MR) is 57.4 cm³/mol. The minimum Gasteiger partial charge on any atom is 1.00 e. The van der Waals surface area contributed by atoms with Crippen LogP contribution in [0.25, 0.3) is 0 Å². The minimum atomic E-state index is -4.22. The first kappa shape index (κ1) is 12.9. The van der Waals surface area contributed by atoms with E-state index in [0.717, 1.165) is 28.6 Å². The average Bonchev–Trinajstić information content (AvgIpc) is 2.17. The van der Waals surface area contributed by atoms with E-state index in [1.54, 1.807) is 34.4 Å². The largest absolute Gasteiger partial charge is 1.00 e. The zero-order valence-corrected chi connectivity index (χ0v) is 10.9. The van der Waals surface area contributed by atoms with Gasteiger partial charge in [0, 0.05) is 0 Å². The Hall–Kier alpha value is -0.200. The standard InChI is InChI=1S/C11H13F3Te/c1-8(7-15)6-9-2-4-10(5-3-9)11(12,13)14/h2-5,8,15H,6-7H2,1H3/p+1.